The maximum atomic E-state index is 12.8. The lowest BCUT2D eigenvalue weighted by atomic mass is 9.87. The van der Waals surface area contributed by atoms with Gasteiger partial charge in [0.25, 0.3) is 5.91 Å². The number of carbonyl (C=O) groups excluding carboxylic acids is 1. The summed E-state index contributed by atoms with van der Waals surface area (Å²) in [6.07, 6.45) is 3.91. The van der Waals surface area contributed by atoms with Gasteiger partial charge in [-0.15, -0.1) is 0 Å². The summed E-state index contributed by atoms with van der Waals surface area (Å²) in [7, 11) is -1.11. The molecule has 2 aromatic rings. The SMILES string of the molecule is CCCCS(=O)Nc1ccccc1C(=C1CCNCC1)c1ccc(C(=O)N(CC)CC)cc1. The van der Waals surface area contributed by atoms with E-state index in [9.17, 15) is 9.00 Å². The van der Waals surface area contributed by atoms with Crippen molar-refractivity contribution in [3.05, 3.63) is 70.8 Å². The molecule has 6 heteroatoms. The van der Waals surface area contributed by atoms with Crippen LogP contribution in [0.2, 0.25) is 0 Å². The number of piperidine rings is 1. The summed E-state index contributed by atoms with van der Waals surface area (Å²) in [5.74, 6) is 0.707. The molecule has 178 valence electrons. The van der Waals surface area contributed by atoms with Gasteiger partial charge in [-0.25, -0.2) is 4.21 Å². The number of hydrogen-bond acceptors (Lipinski definition) is 3. The van der Waals surface area contributed by atoms with Gasteiger partial charge in [-0.05, 0) is 75.5 Å². The standard InChI is InChI=1S/C27H37N3O2S/c1-4-7-20-33(32)29-25-11-9-8-10-24(25)26(22-16-18-28-19-17-22)21-12-14-23(15-13-21)27(31)30(5-2)6-3/h8-15,28-29H,4-7,16-20H2,1-3H3. The molecule has 1 amide bonds. The van der Waals surface area contributed by atoms with Crippen LogP contribution in [0.4, 0.5) is 5.69 Å². The molecule has 1 unspecified atom stereocenters. The minimum atomic E-state index is -1.11. The Kier molecular flexibility index (Phi) is 9.70. The fourth-order valence-electron chi connectivity index (χ4n) is 4.24. The van der Waals surface area contributed by atoms with E-state index in [1.165, 1.54) is 11.1 Å². The molecule has 0 radical (unpaired) electrons. The van der Waals surface area contributed by atoms with Crippen LogP contribution in [-0.4, -0.2) is 46.9 Å². The van der Waals surface area contributed by atoms with Gasteiger partial charge in [-0.3, -0.25) is 4.79 Å². The van der Waals surface area contributed by atoms with Gasteiger partial charge in [0, 0.05) is 30.0 Å². The third-order valence-electron chi connectivity index (χ3n) is 6.14. The van der Waals surface area contributed by atoms with Crippen molar-refractivity contribution in [1.29, 1.82) is 0 Å². The Hall–Kier alpha value is -2.44. The average Bonchev–Trinajstić information content (AvgIpc) is 2.86. The lowest BCUT2D eigenvalue weighted by molar-refractivity contribution is 0.0773. The van der Waals surface area contributed by atoms with Crippen molar-refractivity contribution in [3.8, 4) is 0 Å². The number of anilines is 1. The second-order valence-electron chi connectivity index (χ2n) is 8.33. The van der Waals surface area contributed by atoms with E-state index >= 15 is 0 Å². The smallest absolute Gasteiger partial charge is 0.253 e. The lowest BCUT2D eigenvalue weighted by Crippen LogP contribution is -2.30. The molecule has 0 aromatic heterocycles. The summed E-state index contributed by atoms with van der Waals surface area (Å²) in [4.78, 5) is 14.6. The number of benzene rings is 2. The molecule has 0 aliphatic carbocycles. The molecule has 1 heterocycles. The second kappa shape index (κ2) is 12.7. The number of hydrogen-bond donors (Lipinski definition) is 2. The van der Waals surface area contributed by atoms with Gasteiger partial charge in [0.05, 0.1) is 5.69 Å². The second-order valence-corrected chi connectivity index (χ2v) is 9.64. The van der Waals surface area contributed by atoms with E-state index in [-0.39, 0.29) is 5.91 Å². The molecule has 5 nitrogen and oxygen atoms in total. The largest absolute Gasteiger partial charge is 0.339 e. The first-order chi connectivity index (χ1) is 16.1. The van der Waals surface area contributed by atoms with Crippen molar-refractivity contribution >= 4 is 28.2 Å². The van der Waals surface area contributed by atoms with E-state index < -0.39 is 11.0 Å². The highest BCUT2D eigenvalue weighted by Gasteiger charge is 2.19. The van der Waals surface area contributed by atoms with Crippen LogP contribution >= 0.6 is 0 Å². The van der Waals surface area contributed by atoms with E-state index in [1.807, 2.05) is 49.1 Å². The quantitative estimate of drug-likeness (QED) is 0.503. The molecule has 33 heavy (non-hydrogen) atoms. The first-order valence-electron chi connectivity index (χ1n) is 12.2. The van der Waals surface area contributed by atoms with Gasteiger partial charge in [0.15, 0.2) is 0 Å². The van der Waals surface area contributed by atoms with Crippen molar-refractivity contribution in [2.45, 2.75) is 46.5 Å². The molecule has 0 bridgehead atoms. The Morgan fingerprint density at radius 2 is 1.61 bits per heavy atom. The number of unbranched alkanes of at least 4 members (excludes halogenated alkanes) is 1. The van der Waals surface area contributed by atoms with Gasteiger partial charge in [0.2, 0.25) is 0 Å². The summed E-state index contributed by atoms with van der Waals surface area (Å²) in [5, 5.41) is 3.44. The Labute approximate surface area is 201 Å². The average molecular weight is 468 g/mol. The first kappa shape index (κ1) is 25.2. The maximum absolute atomic E-state index is 12.8. The zero-order valence-electron chi connectivity index (χ0n) is 20.2. The molecule has 1 aliphatic heterocycles. The minimum Gasteiger partial charge on any atom is -0.339 e. The Morgan fingerprint density at radius 1 is 0.970 bits per heavy atom. The van der Waals surface area contributed by atoms with Crippen LogP contribution in [0, 0.1) is 0 Å². The van der Waals surface area contributed by atoms with Gasteiger partial charge < -0.3 is 14.9 Å². The molecule has 2 aromatic carbocycles. The number of rotatable bonds is 10. The molecule has 1 fully saturated rings. The van der Waals surface area contributed by atoms with E-state index in [2.05, 4.69) is 35.2 Å². The van der Waals surface area contributed by atoms with Crippen LogP contribution in [0.25, 0.3) is 5.57 Å². The fraction of sp³-hybridized carbons (Fsp3) is 0.444. The molecular formula is C27H37N3O2S. The highest BCUT2D eigenvalue weighted by molar-refractivity contribution is 7.86. The van der Waals surface area contributed by atoms with Crippen molar-refractivity contribution in [1.82, 2.24) is 10.2 Å². The minimum absolute atomic E-state index is 0.0657. The van der Waals surface area contributed by atoms with Crippen molar-refractivity contribution < 1.29 is 9.00 Å². The van der Waals surface area contributed by atoms with E-state index in [4.69, 9.17) is 0 Å². The van der Waals surface area contributed by atoms with Gasteiger partial charge in [-0.2, -0.15) is 0 Å². The Balaban J connectivity index is 2.00. The van der Waals surface area contributed by atoms with Crippen molar-refractivity contribution in [2.75, 3.05) is 36.7 Å². The van der Waals surface area contributed by atoms with E-state index in [0.717, 1.165) is 55.6 Å². The summed E-state index contributed by atoms with van der Waals surface area (Å²) < 4.78 is 15.9. The number of para-hydroxylation sites is 1. The maximum Gasteiger partial charge on any atom is 0.253 e. The molecule has 2 N–H and O–H groups in total. The van der Waals surface area contributed by atoms with Crippen LogP contribution in [0.3, 0.4) is 0 Å². The molecule has 3 rings (SSSR count). The summed E-state index contributed by atoms with van der Waals surface area (Å²) in [6.45, 7) is 9.43. The van der Waals surface area contributed by atoms with Crippen LogP contribution in [0.15, 0.2) is 54.1 Å². The van der Waals surface area contributed by atoms with Crippen LogP contribution in [-0.2, 0) is 11.0 Å². The summed E-state index contributed by atoms with van der Waals surface area (Å²) >= 11 is 0. The monoisotopic (exact) mass is 467 g/mol. The van der Waals surface area contributed by atoms with Crippen LogP contribution in [0.5, 0.6) is 0 Å². The summed E-state index contributed by atoms with van der Waals surface area (Å²) in [6, 6.07) is 16.1. The fourth-order valence-corrected chi connectivity index (χ4v) is 5.32. The van der Waals surface area contributed by atoms with E-state index in [1.54, 1.807) is 0 Å². The number of amides is 1. The Morgan fingerprint density at radius 3 is 2.24 bits per heavy atom. The molecule has 1 aliphatic rings. The first-order valence-corrected chi connectivity index (χ1v) is 13.5. The Bertz CT molecular complexity index is 973. The molecule has 0 saturated carbocycles. The zero-order chi connectivity index (χ0) is 23.6. The van der Waals surface area contributed by atoms with Crippen molar-refractivity contribution in [2.24, 2.45) is 0 Å². The van der Waals surface area contributed by atoms with Gasteiger partial charge >= 0.3 is 0 Å². The topological polar surface area (TPSA) is 61.4 Å². The van der Waals surface area contributed by atoms with Gasteiger partial charge in [0.1, 0.15) is 11.0 Å². The third kappa shape index (κ3) is 6.55. The number of nitrogens with zero attached hydrogens (tertiary/aromatic N) is 1. The van der Waals surface area contributed by atoms with Crippen LogP contribution < -0.4 is 10.0 Å². The molecular weight excluding hydrogens is 430 g/mol. The number of nitrogens with one attached hydrogen (secondary N) is 2. The van der Waals surface area contributed by atoms with Gasteiger partial charge in [-0.1, -0.05) is 49.2 Å². The van der Waals surface area contributed by atoms with E-state index in [0.29, 0.717) is 24.4 Å². The summed E-state index contributed by atoms with van der Waals surface area (Å²) in [5.41, 5.74) is 6.36. The highest BCUT2D eigenvalue weighted by atomic mass is 32.2. The zero-order valence-corrected chi connectivity index (χ0v) is 21.0. The predicted octanol–water partition coefficient (Wildman–Crippen LogP) is 5.23. The predicted molar refractivity (Wildman–Crippen MR) is 140 cm³/mol. The normalized spacial score (nSPS) is 14.6. The van der Waals surface area contributed by atoms with Crippen LogP contribution in [0.1, 0.15) is 67.9 Å². The third-order valence-corrected chi connectivity index (χ3v) is 7.24. The highest BCUT2D eigenvalue weighted by Crippen LogP contribution is 2.35. The van der Waals surface area contributed by atoms with Crippen molar-refractivity contribution in [3.63, 3.8) is 0 Å². The molecule has 0 spiro atoms. The number of carbonyl (C=O) groups is 1. The lowest BCUT2D eigenvalue weighted by Gasteiger charge is -2.23. The molecule has 1 saturated heterocycles. The molecule has 1 atom stereocenters.